The van der Waals surface area contributed by atoms with Crippen molar-refractivity contribution in [2.45, 2.75) is 23.9 Å². The Balaban J connectivity index is 1.53. The Labute approximate surface area is 274 Å². The SMILES string of the molecule is CNC(=O)[C@H](Cc1ccccc1)N(Cc1ccc(F)cc1)C(=O)CN(c1ccc(Oc2ccccc2)cc1)S(=O)(=O)c1ccccc1. The second-order valence-corrected chi connectivity index (χ2v) is 12.6. The maximum absolute atomic E-state index is 14.4. The van der Waals surface area contributed by atoms with E-state index in [1.165, 1.54) is 48.3 Å². The number of carbonyl (C=O) groups is 2. The van der Waals surface area contributed by atoms with E-state index < -0.39 is 40.2 Å². The highest BCUT2D eigenvalue weighted by Crippen LogP contribution is 2.29. The van der Waals surface area contributed by atoms with E-state index in [4.69, 9.17) is 4.74 Å². The van der Waals surface area contributed by atoms with Gasteiger partial charge in [0.2, 0.25) is 11.8 Å². The van der Waals surface area contributed by atoms with Crippen LogP contribution < -0.4 is 14.4 Å². The lowest BCUT2D eigenvalue weighted by Gasteiger charge is -2.33. The summed E-state index contributed by atoms with van der Waals surface area (Å²) in [4.78, 5) is 29.1. The van der Waals surface area contributed by atoms with Crippen LogP contribution in [-0.2, 0) is 32.6 Å². The number of rotatable bonds is 13. The summed E-state index contributed by atoms with van der Waals surface area (Å²) in [5.41, 5.74) is 1.60. The van der Waals surface area contributed by atoms with E-state index in [1.54, 1.807) is 54.6 Å². The number of sulfonamides is 1. The second-order valence-electron chi connectivity index (χ2n) is 10.7. The first-order chi connectivity index (χ1) is 22.7. The Bertz CT molecular complexity index is 1870. The van der Waals surface area contributed by atoms with Gasteiger partial charge in [-0.2, -0.15) is 0 Å². The molecule has 5 rings (SSSR count). The first-order valence-corrected chi connectivity index (χ1v) is 16.4. The number of halogens is 1. The van der Waals surface area contributed by atoms with E-state index in [0.29, 0.717) is 17.1 Å². The van der Waals surface area contributed by atoms with Crippen molar-refractivity contribution in [2.75, 3.05) is 17.9 Å². The standard InChI is InChI=1S/C37H34FN3O5S/c1-39-37(43)35(25-28-11-5-2-6-12-28)40(26-29-17-19-30(38)20-18-29)36(42)27-41(47(44,45)34-15-9-4-10-16-34)31-21-23-33(24-22-31)46-32-13-7-3-8-14-32/h2-24,35H,25-27H2,1H3,(H,39,43)/t35-/m0/s1. The zero-order chi connectivity index (χ0) is 33.2. The summed E-state index contributed by atoms with van der Waals surface area (Å²) in [5.74, 6) is -0.408. The molecule has 10 heteroatoms. The maximum atomic E-state index is 14.4. The van der Waals surface area contributed by atoms with Crippen LogP contribution >= 0.6 is 0 Å². The lowest BCUT2D eigenvalue weighted by atomic mass is 10.0. The van der Waals surface area contributed by atoms with Gasteiger partial charge in [0.25, 0.3) is 10.0 Å². The van der Waals surface area contributed by atoms with Gasteiger partial charge in [-0.1, -0.05) is 78.9 Å². The average Bonchev–Trinajstić information content (AvgIpc) is 3.10. The van der Waals surface area contributed by atoms with Crippen molar-refractivity contribution in [2.24, 2.45) is 0 Å². The first kappa shape index (κ1) is 32.9. The summed E-state index contributed by atoms with van der Waals surface area (Å²) >= 11 is 0. The second kappa shape index (κ2) is 15.2. The van der Waals surface area contributed by atoms with Gasteiger partial charge in [-0.25, -0.2) is 12.8 Å². The van der Waals surface area contributed by atoms with Crippen LogP contribution in [0.4, 0.5) is 10.1 Å². The van der Waals surface area contributed by atoms with Crippen LogP contribution in [0.2, 0.25) is 0 Å². The third kappa shape index (κ3) is 8.42. The summed E-state index contributed by atoms with van der Waals surface area (Å²) in [6, 6.07) is 37.2. The van der Waals surface area contributed by atoms with Gasteiger partial charge in [0, 0.05) is 20.0 Å². The Hall–Kier alpha value is -5.48. The molecule has 0 unspecified atom stereocenters. The number of hydrogen-bond acceptors (Lipinski definition) is 5. The molecule has 0 bridgehead atoms. The van der Waals surface area contributed by atoms with E-state index in [0.717, 1.165) is 9.87 Å². The molecule has 0 aliphatic carbocycles. The van der Waals surface area contributed by atoms with Crippen molar-refractivity contribution in [3.05, 3.63) is 156 Å². The van der Waals surface area contributed by atoms with Crippen LogP contribution in [0.5, 0.6) is 11.5 Å². The highest BCUT2D eigenvalue weighted by Gasteiger charge is 2.34. The van der Waals surface area contributed by atoms with E-state index in [-0.39, 0.29) is 23.5 Å². The van der Waals surface area contributed by atoms with Crippen LogP contribution in [0, 0.1) is 5.82 Å². The molecule has 1 atom stereocenters. The number of carbonyl (C=O) groups excluding carboxylic acids is 2. The molecular formula is C37H34FN3O5S. The highest BCUT2D eigenvalue weighted by molar-refractivity contribution is 7.92. The fourth-order valence-electron chi connectivity index (χ4n) is 5.06. The molecule has 0 aromatic heterocycles. The lowest BCUT2D eigenvalue weighted by Crippen LogP contribution is -2.53. The van der Waals surface area contributed by atoms with Gasteiger partial charge in [-0.15, -0.1) is 0 Å². The summed E-state index contributed by atoms with van der Waals surface area (Å²) in [5, 5.41) is 2.64. The Morgan fingerprint density at radius 2 is 1.28 bits per heavy atom. The number of likely N-dealkylation sites (N-methyl/N-ethyl adjacent to an activating group) is 1. The van der Waals surface area contributed by atoms with Crippen molar-refractivity contribution in [1.29, 1.82) is 0 Å². The van der Waals surface area contributed by atoms with Crippen LogP contribution in [0.25, 0.3) is 0 Å². The summed E-state index contributed by atoms with van der Waals surface area (Å²) < 4.78 is 48.9. The zero-order valence-electron chi connectivity index (χ0n) is 25.7. The van der Waals surface area contributed by atoms with Crippen molar-refractivity contribution < 1.29 is 27.1 Å². The number of nitrogens with one attached hydrogen (secondary N) is 1. The predicted molar refractivity (Wildman–Crippen MR) is 179 cm³/mol. The van der Waals surface area contributed by atoms with Gasteiger partial charge in [0.05, 0.1) is 10.6 Å². The lowest BCUT2D eigenvalue weighted by molar-refractivity contribution is -0.139. The average molecular weight is 652 g/mol. The van der Waals surface area contributed by atoms with E-state index in [2.05, 4.69) is 5.32 Å². The molecule has 8 nitrogen and oxygen atoms in total. The van der Waals surface area contributed by atoms with Crippen LogP contribution in [0.3, 0.4) is 0 Å². The molecule has 0 fully saturated rings. The molecule has 0 saturated heterocycles. The van der Waals surface area contributed by atoms with Gasteiger partial charge >= 0.3 is 0 Å². The molecule has 5 aromatic carbocycles. The van der Waals surface area contributed by atoms with Crippen molar-refractivity contribution in [3.63, 3.8) is 0 Å². The Morgan fingerprint density at radius 1 is 0.723 bits per heavy atom. The molecule has 2 amide bonds. The molecule has 47 heavy (non-hydrogen) atoms. The Kier molecular flexibility index (Phi) is 10.6. The molecule has 0 aliphatic heterocycles. The molecule has 0 saturated carbocycles. The fourth-order valence-corrected chi connectivity index (χ4v) is 6.50. The van der Waals surface area contributed by atoms with Gasteiger partial charge < -0.3 is 15.0 Å². The number of benzene rings is 5. The van der Waals surface area contributed by atoms with Crippen LogP contribution in [-0.4, -0.2) is 44.8 Å². The molecule has 0 radical (unpaired) electrons. The van der Waals surface area contributed by atoms with Crippen molar-refractivity contribution in [3.8, 4) is 11.5 Å². The first-order valence-electron chi connectivity index (χ1n) is 14.9. The van der Waals surface area contributed by atoms with Gasteiger partial charge in [0.15, 0.2) is 0 Å². The predicted octanol–water partition coefficient (Wildman–Crippen LogP) is 6.20. The minimum Gasteiger partial charge on any atom is -0.457 e. The van der Waals surface area contributed by atoms with Crippen LogP contribution in [0.1, 0.15) is 11.1 Å². The monoisotopic (exact) mass is 651 g/mol. The number of hydrogen-bond donors (Lipinski definition) is 1. The minimum absolute atomic E-state index is 0.00497. The topological polar surface area (TPSA) is 96.0 Å². The molecule has 0 heterocycles. The largest absolute Gasteiger partial charge is 0.457 e. The van der Waals surface area contributed by atoms with E-state index in [1.807, 2.05) is 48.5 Å². The van der Waals surface area contributed by atoms with Crippen molar-refractivity contribution >= 4 is 27.5 Å². The Morgan fingerprint density at radius 3 is 1.87 bits per heavy atom. The maximum Gasteiger partial charge on any atom is 0.264 e. The van der Waals surface area contributed by atoms with Gasteiger partial charge in [-0.05, 0) is 71.8 Å². The fraction of sp³-hybridized carbons (Fsp3) is 0.135. The molecule has 0 spiro atoms. The number of para-hydroxylation sites is 1. The number of amides is 2. The normalized spacial score (nSPS) is 11.7. The molecule has 1 N–H and O–H groups in total. The molecule has 0 aliphatic rings. The number of nitrogens with zero attached hydrogens (tertiary/aromatic N) is 2. The smallest absolute Gasteiger partial charge is 0.264 e. The third-order valence-electron chi connectivity index (χ3n) is 7.50. The minimum atomic E-state index is -4.25. The quantitative estimate of drug-likeness (QED) is 0.164. The van der Waals surface area contributed by atoms with E-state index in [9.17, 15) is 22.4 Å². The molecular weight excluding hydrogens is 617 g/mol. The summed E-state index contributed by atoms with van der Waals surface area (Å²) in [7, 11) is -2.77. The van der Waals surface area contributed by atoms with Crippen molar-refractivity contribution in [1.82, 2.24) is 10.2 Å². The van der Waals surface area contributed by atoms with Gasteiger partial charge in [-0.3, -0.25) is 13.9 Å². The number of ether oxygens (including phenoxy) is 1. The molecule has 5 aromatic rings. The summed E-state index contributed by atoms with van der Waals surface area (Å²) in [6.07, 6.45) is 0.171. The summed E-state index contributed by atoms with van der Waals surface area (Å²) in [6.45, 7) is -0.674. The molecule has 240 valence electrons. The van der Waals surface area contributed by atoms with Gasteiger partial charge in [0.1, 0.15) is 29.9 Å². The third-order valence-corrected chi connectivity index (χ3v) is 9.29. The zero-order valence-corrected chi connectivity index (χ0v) is 26.5. The van der Waals surface area contributed by atoms with Crippen LogP contribution in [0.15, 0.2) is 144 Å². The highest BCUT2D eigenvalue weighted by atomic mass is 32.2. The van der Waals surface area contributed by atoms with E-state index >= 15 is 0 Å². The number of anilines is 1.